The molecule has 7 heteroatoms. The van der Waals surface area contributed by atoms with Crippen LogP contribution < -0.4 is 4.74 Å². The largest absolute Gasteiger partial charge is 0.457 e. The van der Waals surface area contributed by atoms with E-state index in [0.717, 1.165) is 53.4 Å². The zero-order chi connectivity index (χ0) is 18.9. The summed E-state index contributed by atoms with van der Waals surface area (Å²) in [6, 6.07) is 19.0. The first-order valence-corrected chi connectivity index (χ1v) is 9.08. The highest BCUT2D eigenvalue weighted by Gasteiger charge is 2.25. The number of hydrogen-bond acceptors (Lipinski definition) is 5. The van der Waals surface area contributed by atoms with Crippen LogP contribution in [0.2, 0.25) is 0 Å². The lowest BCUT2D eigenvalue weighted by atomic mass is 9.96. The van der Waals surface area contributed by atoms with Crippen LogP contribution in [0.25, 0.3) is 22.3 Å². The van der Waals surface area contributed by atoms with Gasteiger partial charge in [-0.15, -0.1) is 0 Å². The third kappa shape index (κ3) is 3.19. The van der Waals surface area contributed by atoms with Crippen molar-refractivity contribution in [2.45, 2.75) is 6.54 Å². The molecule has 0 unspecified atom stereocenters. The number of aromatic nitrogens is 4. The van der Waals surface area contributed by atoms with E-state index in [9.17, 15) is 0 Å². The molecule has 0 N–H and O–H groups in total. The summed E-state index contributed by atoms with van der Waals surface area (Å²) in [7, 11) is 5.76. The molecule has 2 radical (unpaired) electrons. The SMILES string of the molecule is [B]N1CC(Cn2nc(-c3ccc(Oc4cc#ccc4)cc3)c3cncnc32)C1. The van der Waals surface area contributed by atoms with E-state index < -0.39 is 0 Å². The average molecular weight is 365 g/mol. The first-order chi connectivity index (χ1) is 13.8. The molecule has 0 saturated carbocycles. The average Bonchev–Trinajstić information content (AvgIpc) is 3.07. The second-order valence-corrected chi connectivity index (χ2v) is 6.91. The lowest BCUT2D eigenvalue weighted by Gasteiger charge is -2.36. The molecule has 0 bridgehead atoms. The molecular weight excluding hydrogens is 349 g/mol. The molecule has 5 rings (SSSR count). The van der Waals surface area contributed by atoms with Gasteiger partial charge in [0.2, 0.25) is 0 Å². The molecule has 2 aromatic heterocycles. The van der Waals surface area contributed by atoms with Crippen molar-refractivity contribution in [3.63, 3.8) is 0 Å². The highest BCUT2D eigenvalue weighted by atomic mass is 16.5. The van der Waals surface area contributed by atoms with Gasteiger partial charge in [0.1, 0.15) is 23.5 Å². The Morgan fingerprint density at radius 1 is 1.11 bits per heavy atom. The molecule has 4 aromatic rings. The molecule has 2 aromatic carbocycles. The molecule has 1 aliphatic heterocycles. The van der Waals surface area contributed by atoms with Crippen molar-refractivity contribution in [3.05, 3.63) is 67.1 Å². The summed E-state index contributed by atoms with van der Waals surface area (Å²) in [6.45, 7) is 2.55. The van der Waals surface area contributed by atoms with E-state index in [0.29, 0.717) is 5.92 Å². The van der Waals surface area contributed by atoms with Crippen LogP contribution in [0.4, 0.5) is 0 Å². The topological polar surface area (TPSA) is 56.1 Å². The van der Waals surface area contributed by atoms with E-state index in [1.165, 1.54) is 0 Å². The van der Waals surface area contributed by atoms with Crippen LogP contribution in [0.15, 0.2) is 55.0 Å². The standard InChI is InChI=1S/C21H16BN5O/c22-26-11-15(12-26)13-27-21-19(10-23-14-24-21)20(25-27)16-6-8-18(9-7-16)28-17-4-2-1-3-5-17/h2,4-10,14-15H,11-13H2. The summed E-state index contributed by atoms with van der Waals surface area (Å²) in [5.41, 5.74) is 2.71. The molecule has 0 aliphatic carbocycles. The van der Waals surface area contributed by atoms with Crippen molar-refractivity contribution >= 4 is 19.0 Å². The molecule has 6 nitrogen and oxygen atoms in total. The van der Waals surface area contributed by atoms with Crippen LogP contribution in [0.1, 0.15) is 0 Å². The molecule has 1 saturated heterocycles. The van der Waals surface area contributed by atoms with Crippen LogP contribution >= 0.6 is 0 Å². The number of nitrogens with zero attached hydrogens (tertiary/aromatic N) is 5. The highest BCUT2D eigenvalue weighted by molar-refractivity contribution is 6.04. The quantitative estimate of drug-likeness (QED) is 0.509. The predicted molar refractivity (Wildman–Crippen MR) is 106 cm³/mol. The Hall–Kier alpha value is -3.37. The van der Waals surface area contributed by atoms with Crippen LogP contribution in [0.3, 0.4) is 0 Å². The van der Waals surface area contributed by atoms with Crippen molar-refractivity contribution in [1.29, 1.82) is 0 Å². The monoisotopic (exact) mass is 365 g/mol. The van der Waals surface area contributed by atoms with Gasteiger partial charge in [0.15, 0.2) is 13.6 Å². The fourth-order valence-electron chi connectivity index (χ4n) is 3.44. The van der Waals surface area contributed by atoms with E-state index in [1.807, 2.05) is 46.0 Å². The second-order valence-electron chi connectivity index (χ2n) is 6.91. The Bertz CT molecular complexity index is 1090. The van der Waals surface area contributed by atoms with Crippen molar-refractivity contribution in [3.8, 4) is 22.8 Å². The molecule has 1 fully saturated rings. The maximum Gasteiger partial charge on any atom is 0.182 e. The van der Waals surface area contributed by atoms with Crippen molar-refractivity contribution < 1.29 is 4.74 Å². The lowest BCUT2D eigenvalue weighted by Crippen LogP contribution is -2.46. The number of rotatable bonds is 5. The summed E-state index contributed by atoms with van der Waals surface area (Å²) in [5.74, 6) is 1.97. The number of ether oxygens (including phenoxy) is 1. The fourth-order valence-corrected chi connectivity index (χ4v) is 3.44. The zero-order valence-electron chi connectivity index (χ0n) is 15.1. The third-order valence-electron chi connectivity index (χ3n) is 4.82. The van der Waals surface area contributed by atoms with Crippen LogP contribution in [-0.4, -0.2) is 45.6 Å². The van der Waals surface area contributed by atoms with Gasteiger partial charge in [-0.2, -0.15) is 5.10 Å². The van der Waals surface area contributed by atoms with Gasteiger partial charge in [-0.05, 0) is 49.5 Å². The summed E-state index contributed by atoms with van der Waals surface area (Å²) >= 11 is 0. The minimum atomic E-state index is 0.492. The first-order valence-electron chi connectivity index (χ1n) is 9.08. The Kier molecular flexibility index (Phi) is 4.19. The lowest BCUT2D eigenvalue weighted by molar-refractivity contribution is 0.182. The summed E-state index contributed by atoms with van der Waals surface area (Å²) in [6.07, 6.45) is 3.38. The van der Waals surface area contributed by atoms with Gasteiger partial charge in [0.05, 0.1) is 5.39 Å². The molecular formula is C21H16BN5O. The maximum atomic E-state index is 5.83. The molecule has 3 heterocycles. The number of hydrogen-bond donors (Lipinski definition) is 0. The van der Waals surface area contributed by atoms with Gasteiger partial charge in [-0.3, -0.25) is 0 Å². The fraction of sp³-hybridized carbons (Fsp3) is 0.190. The van der Waals surface area contributed by atoms with Crippen molar-refractivity contribution in [2.75, 3.05) is 13.1 Å². The Labute approximate surface area is 164 Å². The molecule has 134 valence electrons. The molecule has 0 spiro atoms. The summed E-state index contributed by atoms with van der Waals surface area (Å²) in [5, 5.41) is 5.76. The smallest absolute Gasteiger partial charge is 0.182 e. The zero-order valence-corrected chi connectivity index (χ0v) is 15.1. The third-order valence-corrected chi connectivity index (χ3v) is 4.82. The number of fused-ring (bicyclic) bond motifs is 1. The second kappa shape index (κ2) is 6.99. The van der Waals surface area contributed by atoms with Gasteiger partial charge in [0, 0.05) is 30.3 Å². The predicted octanol–water partition coefficient (Wildman–Crippen LogP) is 2.90. The number of benzene rings is 1. The Balaban J connectivity index is 1.44. The minimum Gasteiger partial charge on any atom is -0.457 e. The van der Waals surface area contributed by atoms with Crippen LogP contribution in [0.5, 0.6) is 11.5 Å². The molecule has 0 amide bonds. The maximum absolute atomic E-state index is 5.83. The van der Waals surface area contributed by atoms with Gasteiger partial charge >= 0.3 is 0 Å². The molecule has 28 heavy (non-hydrogen) atoms. The summed E-state index contributed by atoms with van der Waals surface area (Å²) in [4.78, 5) is 10.4. The first kappa shape index (κ1) is 16.8. The van der Waals surface area contributed by atoms with Gasteiger partial charge in [-0.1, -0.05) is 12.1 Å². The van der Waals surface area contributed by atoms with Crippen molar-refractivity contribution in [2.24, 2.45) is 5.92 Å². The van der Waals surface area contributed by atoms with Gasteiger partial charge in [-0.25, -0.2) is 14.6 Å². The van der Waals surface area contributed by atoms with Crippen LogP contribution in [0, 0.1) is 18.1 Å². The van der Waals surface area contributed by atoms with E-state index in [-0.39, 0.29) is 0 Å². The summed E-state index contributed by atoms with van der Waals surface area (Å²) < 4.78 is 7.79. The Morgan fingerprint density at radius 2 is 1.96 bits per heavy atom. The van der Waals surface area contributed by atoms with E-state index in [1.54, 1.807) is 18.5 Å². The van der Waals surface area contributed by atoms with E-state index in [2.05, 4.69) is 22.1 Å². The normalized spacial score (nSPS) is 14.6. The Morgan fingerprint density at radius 3 is 2.71 bits per heavy atom. The van der Waals surface area contributed by atoms with Crippen LogP contribution in [-0.2, 0) is 6.54 Å². The van der Waals surface area contributed by atoms with Gasteiger partial charge < -0.3 is 9.55 Å². The van der Waals surface area contributed by atoms with Crippen molar-refractivity contribution in [1.82, 2.24) is 24.6 Å². The van der Waals surface area contributed by atoms with E-state index >= 15 is 0 Å². The van der Waals surface area contributed by atoms with E-state index in [4.69, 9.17) is 17.8 Å². The molecule has 1 aliphatic rings. The van der Waals surface area contributed by atoms with Gasteiger partial charge in [0.25, 0.3) is 0 Å². The highest BCUT2D eigenvalue weighted by Crippen LogP contribution is 2.30. The molecule has 0 atom stereocenters. The minimum absolute atomic E-state index is 0.492.